The molecule has 0 rings (SSSR count). The molecule has 3 heteroatoms. The molecule has 0 aliphatic carbocycles. The first kappa shape index (κ1) is 15.0. The Morgan fingerprint density at radius 2 is 1.81 bits per heavy atom. The van der Waals surface area contributed by atoms with E-state index in [1.54, 1.807) is 0 Å². The van der Waals surface area contributed by atoms with Gasteiger partial charge in [-0.1, -0.05) is 20.3 Å². The van der Waals surface area contributed by atoms with Crippen molar-refractivity contribution < 1.29 is 9.90 Å². The predicted octanol–water partition coefficient (Wildman–Crippen LogP) is 3.60. The van der Waals surface area contributed by atoms with Crippen LogP contribution in [-0.4, -0.2) is 11.1 Å². The maximum atomic E-state index is 10.6. The molecule has 0 spiro atoms. The van der Waals surface area contributed by atoms with Crippen molar-refractivity contribution in [2.75, 3.05) is 0 Å². The molecule has 92 valence electrons. The minimum Gasteiger partial charge on any atom is -0.481 e. The lowest BCUT2D eigenvalue weighted by Crippen LogP contribution is -2.20. The van der Waals surface area contributed by atoms with Crippen LogP contribution < -0.4 is 0 Å². The second-order valence-corrected chi connectivity index (χ2v) is 5.55. The van der Waals surface area contributed by atoms with Crippen LogP contribution in [0.15, 0.2) is 0 Å². The van der Waals surface area contributed by atoms with Crippen molar-refractivity contribution in [3.05, 3.63) is 0 Å². The van der Waals surface area contributed by atoms with Gasteiger partial charge >= 0.3 is 5.97 Å². The van der Waals surface area contributed by atoms with Crippen LogP contribution in [0.1, 0.15) is 59.8 Å². The minimum absolute atomic E-state index is 0.0481. The highest BCUT2D eigenvalue weighted by molar-refractivity contribution is 5.66. The van der Waals surface area contributed by atoms with Crippen molar-refractivity contribution in [1.82, 2.24) is 0 Å². The summed E-state index contributed by atoms with van der Waals surface area (Å²) >= 11 is 0. The molecule has 3 nitrogen and oxygen atoms in total. The maximum Gasteiger partial charge on any atom is 0.303 e. The van der Waals surface area contributed by atoms with Gasteiger partial charge in [-0.2, -0.15) is 5.26 Å². The second kappa shape index (κ2) is 5.89. The van der Waals surface area contributed by atoms with Gasteiger partial charge in [0.05, 0.1) is 11.5 Å². The van der Waals surface area contributed by atoms with Crippen molar-refractivity contribution in [3.63, 3.8) is 0 Å². The number of aliphatic carboxylic acids is 1. The van der Waals surface area contributed by atoms with Crippen molar-refractivity contribution in [3.8, 4) is 6.07 Å². The Labute approximate surface area is 98.5 Å². The summed E-state index contributed by atoms with van der Waals surface area (Å²) < 4.78 is 0. The third-order valence-electron chi connectivity index (χ3n) is 3.45. The largest absolute Gasteiger partial charge is 0.481 e. The zero-order chi connectivity index (χ0) is 12.8. The maximum absolute atomic E-state index is 10.6. The topological polar surface area (TPSA) is 61.1 Å². The first-order valence-electron chi connectivity index (χ1n) is 5.88. The molecular weight excluding hydrogens is 202 g/mol. The predicted molar refractivity (Wildman–Crippen MR) is 63.9 cm³/mol. The zero-order valence-corrected chi connectivity index (χ0v) is 10.8. The summed E-state index contributed by atoms with van der Waals surface area (Å²) in [6.07, 6.45) is 3.62. The van der Waals surface area contributed by atoms with Crippen LogP contribution in [0.4, 0.5) is 0 Å². The Hall–Kier alpha value is -1.04. The molecular formula is C13H23NO2. The number of hydrogen-bond acceptors (Lipinski definition) is 2. The van der Waals surface area contributed by atoms with E-state index < -0.39 is 5.97 Å². The van der Waals surface area contributed by atoms with E-state index in [2.05, 4.69) is 19.9 Å². The molecule has 0 radical (unpaired) electrons. The average molecular weight is 225 g/mol. The Kier molecular flexibility index (Phi) is 5.50. The Bertz CT molecular complexity index is 278. The van der Waals surface area contributed by atoms with E-state index in [-0.39, 0.29) is 17.3 Å². The van der Waals surface area contributed by atoms with Crippen molar-refractivity contribution in [1.29, 1.82) is 5.26 Å². The Morgan fingerprint density at radius 3 is 2.19 bits per heavy atom. The van der Waals surface area contributed by atoms with E-state index >= 15 is 0 Å². The van der Waals surface area contributed by atoms with E-state index in [0.717, 1.165) is 19.3 Å². The van der Waals surface area contributed by atoms with Gasteiger partial charge in [0.2, 0.25) is 0 Å². The van der Waals surface area contributed by atoms with Gasteiger partial charge in [-0.05, 0) is 38.5 Å². The lowest BCUT2D eigenvalue weighted by Gasteiger charge is -2.30. The van der Waals surface area contributed by atoms with Crippen LogP contribution in [0, 0.1) is 22.2 Å². The summed E-state index contributed by atoms with van der Waals surface area (Å²) in [5.41, 5.74) is -0.258. The van der Waals surface area contributed by atoms with Gasteiger partial charge in [0, 0.05) is 6.42 Å². The zero-order valence-electron chi connectivity index (χ0n) is 10.8. The minimum atomic E-state index is -0.737. The molecule has 0 aliphatic heterocycles. The number of carbonyl (C=O) groups is 1. The fraction of sp³-hybridized carbons (Fsp3) is 0.846. The molecule has 0 aromatic rings. The normalized spacial score (nSPS) is 15.2. The van der Waals surface area contributed by atoms with E-state index in [1.165, 1.54) is 0 Å². The van der Waals surface area contributed by atoms with Crippen molar-refractivity contribution in [2.45, 2.75) is 59.8 Å². The summed E-state index contributed by atoms with van der Waals surface area (Å²) in [5.74, 6) is -0.737. The average Bonchev–Trinajstić information content (AvgIpc) is 2.24. The van der Waals surface area contributed by atoms with Gasteiger partial charge in [-0.25, -0.2) is 0 Å². The van der Waals surface area contributed by atoms with E-state index in [0.29, 0.717) is 6.42 Å². The summed E-state index contributed by atoms with van der Waals surface area (Å²) in [5, 5.41) is 17.6. The first-order valence-corrected chi connectivity index (χ1v) is 5.88. The first-order chi connectivity index (χ1) is 7.24. The molecule has 0 aliphatic rings. The third-order valence-corrected chi connectivity index (χ3v) is 3.45. The van der Waals surface area contributed by atoms with E-state index in [4.69, 9.17) is 10.4 Å². The molecule has 1 N–H and O–H groups in total. The monoisotopic (exact) mass is 225 g/mol. The van der Waals surface area contributed by atoms with Gasteiger partial charge in [0.25, 0.3) is 0 Å². The van der Waals surface area contributed by atoms with E-state index in [9.17, 15) is 4.79 Å². The molecule has 0 fully saturated rings. The quantitative estimate of drug-likeness (QED) is 0.720. The molecule has 0 saturated heterocycles. The molecule has 0 saturated carbocycles. The van der Waals surface area contributed by atoms with Crippen molar-refractivity contribution in [2.24, 2.45) is 10.8 Å². The highest BCUT2D eigenvalue weighted by atomic mass is 16.4. The van der Waals surface area contributed by atoms with Crippen LogP contribution >= 0.6 is 0 Å². The molecule has 0 amide bonds. The Balaban J connectivity index is 4.27. The molecule has 1 atom stereocenters. The van der Waals surface area contributed by atoms with Gasteiger partial charge in [-0.15, -0.1) is 0 Å². The molecule has 0 aromatic carbocycles. The van der Waals surface area contributed by atoms with Gasteiger partial charge in [0.1, 0.15) is 0 Å². The van der Waals surface area contributed by atoms with E-state index in [1.807, 2.05) is 13.8 Å². The molecule has 0 heterocycles. The summed E-state index contributed by atoms with van der Waals surface area (Å²) in [4.78, 5) is 10.6. The summed E-state index contributed by atoms with van der Waals surface area (Å²) in [7, 11) is 0. The second-order valence-electron chi connectivity index (χ2n) is 5.55. The van der Waals surface area contributed by atoms with Crippen molar-refractivity contribution >= 4 is 5.97 Å². The van der Waals surface area contributed by atoms with Gasteiger partial charge in [-0.3, -0.25) is 4.79 Å². The summed E-state index contributed by atoms with van der Waals surface area (Å²) in [6, 6.07) is 2.29. The molecule has 16 heavy (non-hydrogen) atoms. The number of rotatable bonds is 7. The van der Waals surface area contributed by atoms with Crippen LogP contribution in [0.5, 0.6) is 0 Å². The number of nitrogens with zero attached hydrogens (tertiary/aromatic N) is 1. The van der Waals surface area contributed by atoms with Crippen LogP contribution in [0.3, 0.4) is 0 Å². The number of hydrogen-bond donors (Lipinski definition) is 1. The lowest BCUT2D eigenvalue weighted by molar-refractivity contribution is -0.137. The van der Waals surface area contributed by atoms with Crippen LogP contribution in [0.2, 0.25) is 0 Å². The van der Waals surface area contributed by atoms with Gasteiger partial charge < -0.3 is 5.11 Å². The fourth-order valence-corrected chi connectivity index (χ4v) is 1.56. The Morgan fingerprint density at radius 1 is 1.25 bits per heavy atom. The number of nitriles is 1. The highest BCUT2D eigenvalue weighted by Gasteiger charge is 2.27. The van der Waals surface area contributed by atoms with Crippen LogP contribution in [0.25, 0.3) is 0 Å². The SMILES string of the molecule is CCC(C)(CCC(=O)O)CCC(C)(C)C#N. The third kappa shape index (κ3) is 5.75. The molecule has 1 unspecified atom stereocenters. The molecule has 0 aromatic heterocycles. The standard InChI is InChI=1S/C13H23NO2/c1-5-13(4,7-6-11(15)16)9-8-12(2,3)10-14/h5-9H2,1-4H3,(H,15,16). The van der Waals surface area contributed by atoms with Crippen LogP contribution in [-0.2, 0) is 4.79 Å². The fourth-order valence-electron chi connectivity index (χ4n) is 1.56. The van der Waals surface area contributed by atoms with Gasteiger partial charge in [0.15, 0.2) is 0 Å². The highest BCUT2D eigenvalue weighted by Crippen LogP contribution is 2.36. The smallest absolute Gasteiger partial charge is 0.303 e. The number of carboxylic acid groups (broad SMARTS) is 1. The number of carboxylic acids is 1. The molecule has 0 bridgehead atoms. The summed E-state index contributed by atoms with van der Waals surface area (Å²) in [6.45, 7) is 8.06. The lowest BCUT2D eigenvalue weighted by atomic mass is 9.74.